The molecule has 6 rings (SSSR count). The summed E-state index contributed by atoms with van der Waals surface area (Å²) < 4.78 is 73.8. The number of aromatic nitrogens is 5. The molecular weight excluding hydrogens is 707 g/mol. The fourth-order valence-electron chi connectivity index (χ4n) is 5.08. The Balaban J connectivity index is 1.18. The van der Waals surface area contributed by atoms with E-state index >= 15 is 13.2 Å². The minimum atomic E-state index is -4.45. The number of nitrogens with one attached hydrogen (secondary N) is 3. The van der Waals surface area contributed by atoms with Crippen molar-refractivity contribution in [2.45, 2.75) is 49.3 Å². The Bertz CT molecular complexity index is 1800. The lowest BCUT2D eigenvalue weighted by Crippen LogP contribution is -2.50. The number of aromatic amines is 1. The van der Waals surface area contributed by atoms with Crippen LogP contribution < -0.4 is 33.0 Å². The maximum absolute atomic E-state index is 15.8. The third kappa shape index (κ3) is 6.58. The van der Waals surface area contributed by atoms with Crippen LogP contribution in [0.5, 0.6) is 0 Å². The first-order valence-electron chi connectivity index (χ1n) is 13.0. The largest absolute Gasteiger partial charge is 0.383 e. The van der Waals surface area contributed by atoms with E-state index in [1.54, 1.807) is 0 Å². The van der Waals surface area contributed by atoms with Gasteiger partial charge in [0, 0.05) is 12.6 Å². The van der Waals surface area contributed by atoms with E-state index in [0.717, 1.165) is 15.9 Å². The van der Waals surface area contributed by atoms with Gasteiger partial charge >= 0.3 is 13.4 Å². The molecule has 2 fully saturated rings. The van der Waals surface area contributed by atoms with Crippen LogP contribution in [0, 0.1) is 0 Å². The lowest BCUT2D eigenvalue weighted by molar-refractivity contribution is -0.116. The van der Waals surface area contributed by atoms with E-state index in [4.69, 9.17) is 46.3 Å². The predicted octanol–water partition coefficient (Wildman–Crippen LogP) is -0.139. The molecule has 19 nitrogen and oxygen atoms in total. The normalized spacial score (nSPS) is 28.8. The first kappa shape index (κ1) is 33.3. The number of halogens is 3. The first-order chi connectivity index (χ1) is 21.5. The predicted molar refractivity (Wildman–Crippen MR) is 159 cm³/mol. The Morgan fingerprint density at radius 3 is 2.67 bits per heavy atom. The highest BCUT2D eigenvalue weighted by Crippen LogP contribution is 2.51. The summed E-state index contributed by atoms with van der Waals surface area (Å²) in [7, 11) is 0. The number of hydrogen-bond donors (Lipinski definition) is 8. The number of anilines is 4. The Morgan fingerprint density at radius 1 is 1.17 bits per heavy atom. The summed E-state index contributed by atoms with van der Waals surface area (Å²) in [6.07, 6.45) is -8.70. The molecule has 26 heteroatoms. The molecule has 3 aromatic heterocycles. The highest BCUT2D eigenvalue weighted by Gasteiger charge is 2.54. The highest BCUT2D eigenvalue weighted by atomic mass is 32.5. The van der Waals surface area contributed by atoms with E-state index in [9.17, 15) is 19.5 Å². The van der Waals surface area contributed by atoms with Crippen molar-refractivity contribution < 1.29 is 50.9 Å². The van der Waals surface area contributed by atoms with E-state index in [0.29, 0.717) is 5.39 Å². The highest BCUT2D eigenvalue weighted by molar-refractivity contribution is 8.07. The summed E-state index contributed by atoms with van der Waals surface area (Å²) in [6.45, 7) is -10.1. The van der Waals surface area contributed by atoms with Crippen molar-refractivity contribution in [3.8, 4) is 0 Å². The molecule has 3 aromatic rings. The number of nitrogen functional groups attached to an aromatic ring is 2. The molecule has 252 valence electrons. The third-order valence-corrected chi connectivity index (χ3v) is 9.39. The van der Waals surface area contributed by atoms with Gasteiger partial charge in [-0.2, -0.15) is 4.98 Å². The molecule has 2 saturated heterocycles. The van der Waals surface area contributed by atoms with E-state index in [1.807, 2.05) is 0 Å². The number of nitrogens with zero attached hydrogens (tertiary/aromatic N) is 5. The van der Waals surface area contributed by atoms with Crippen LogP contribution in [-0.2, 0) is 46.7 Å². The fraction of sp³-hybridized carbons (Fsp3) is 0.500. The summed E-state index contributed by atoms with van der Waals surface area (Å²) >= 11 is 9.48. The molecule has 0 saturated carbocycles. The van der Waals surface area contributed by atoms with Gasteiger partial charge in [0.15, 0.2) is 30.1 Å². The Kier molecular flexibility index (Phi) is 8.80. The van der Waals surface area contributed by atoms with E-state index in [2.05, 4.69) is 42.7 Å². The first-order valence-corrected chi connectivity index (χ1v) is 18.2. The molecule has 3 aliphatic rings. The lowest BCUT2D eigenvalue weighted by Gasteiger charge is -2.30. The van der Waals surface area contributed by atoms with E-state index in [1.165, 1.54) is 12.3 Å². The van der Waals surface area contributed by atoms with Crippen molar-refractivity contribution in [3.63, 3.8) is 0 Å². The third-order valence-electron chi connectivity index (χ3n) is 7.03. The molecule has 6 heterocycles. The number of hydrazine groups is 2. The topological polar surface area (TPSA) is 263 Å². The molecule has 7 atom stereocenters. The molecule has 3 aliphatic heterocycles. The number of H-pyrrole nitrogens is 1. The number of ether oxygens (including phenoxy) is 2. The zero-order valence-electron chi connectivity index (χ0n) is 22.8. The maximum atomic E-state index is 15.8. The van der Waals surface area contributed by atoms with E-state index < -0.39 is 81.5 Å². The van der Waals surface area contributed by atoms with Gasteiger partial charge in [0.05, 0.1) is 24.7 Å². The number of rotatable bonds is 10. The van der Waals surface area contributed by atoms with Gasteiger partial charge in [-0.1, -0.05) is 0 Å². The van der Waals surface area contributed by atoms with Gasteiger partial charge in [0.1, 0.15) is 30.0 Å². The molecule has 46 heavy (non-hydrogen) atoms. The SMILES string of the molecule is Nc1nc2c(c(=O)[nH]1)NNN2[C@@H]1O[C@H](COP(O)(O)=S)[C@H](F)C1OP(O)(=S)OC[C@@H]1CC(F)(F)[C@H](n2ccc3c(N)ncnc32)O1. The van der Waals surface area contributed by atoms with Gasteiger partial charge < -0.3 is 49.2 Å². The van der Waals surface area contributed by atoms with Gasteiger partial charge in [0.25, 0.3) is 11.5 Å². The number of nitrogens with two attached hydrogens (primary N) is 2. The Hall–Kier alpha value is -2.57. The minimum absolute atomic E-state index is 0.0875. The van der Waals surface area contributed by atoms with Crippen LogP contribution in [0.4, 0.5) is 36.4 Å². The van der Waals surface area contributed by atoms with Crippen molar-refractivity contribution in [1.29, 1.82) is 0 Å². The van der Waals surface area contributed by atoms with Crippen molar-refractivity contribution in [2.24, 2.45) is 0 Å². The summed E-state index contributed by atoms with van der Waals surface area (Å²) in [5.41, 5.74) is 15.8. The zero-order valence-corrected chi connectivity index (χ0v) is 26.3. The Labute approximate surface area is 265 Å². The summed E-state index contributed by atoms with van der Waals surface area (Å²) in [5.74, 6) is -3.80. The quantitative estimate of drug-likeness (QED) is 0.126. The smallest absolute Gasteiger partial charge is 0.325 e. The number of hydrogen-bond acceptors (Lipinski definition) is 16. The number of alkyl halides is 3. The summed E-state index contributed by atoms with van der Waals surface area (Å²) in [4.78, 5) is 56.2. The van der Waals surface area contributed by atoms with Gasteiger partial charge in [-0.25, -0.2) is 28.1 Å². The minimum Gasteiger partial charge on any atom is -0.383 e. The van der Waals surface area contributed by atoms with Gasteiger partial charge in [-0.05, 0) is 29.7 Å². The second-order valence-corrected chi connectivity index (χ2v) is 15.6. The van der Waals surface area contributed by atoms with Crippen LogP contribution in [0.3, 0.4) is 0 Å². The van der Waals surface area contributed by atoms with Crippen LogP contribution in [0.15, 0.2) is 23.4 Å². The van der Waals surface area contributed by atoms with Crippen LogP contribution in [0.1, 0.15) is 12.6 Å². The molecule has 0 aliphatic carbocycles. The molecule has 0 spiro atoms. The lowest BCUT2D eigenvalue weighted by atomic mass is 10.1. The summed E-state index contributed by atoms with van der Waals surface area (Å²) in [6, 6.07) is 1.46. The molecule has 0 amide bonds. The standard InChI is InChI=1S/C20H25F3N10O9P2S2/c21-10-9(5-38-43(35,36)45)41-17(33-15-11(30-31-33)16(34)29-19(25)28-15)12(10)42-44(37,46)39-4-7-3-20(22,23)18(40-7)32-2-1-8-13(24)26-6-27-14(8)32/h1-2,6-7,9-10,12,17-18,30-31H,3-5H2,(H,37,46)(H2,24,26,27)(H2,35,36,45)(H3,25,28,29,34)/t7-,9+,10-,12?,17+,18+,44?/m0/s1. The molecule has 2 unspecified atom stereocenters. The monoisotopic (exact) mass is 732 g/mol. The molecule has 0 aromatic carbocycles. The second-order valence-electron chi connectivity index (χ2n) is 10.2. The van der Waals surface area contributed by atoms with Gasteiger partial charge in [-0.15, -0.1) is 5.53 Å². The number of fused-ring (bicyclic) bond motifs is 2. The van der Waals surface area contributed by atoms with Crippen LogP contribution in [0.25, 0.3) is 11.0 Å². The maximum Gasteiger partial charge on any atom is 0.325 e. The molecule has 0 bridgehead atoms. The van der Waals surface area contributed by atoms with Crippen molar-refractivity contribution >= 4 is 71.4 Å². The van der Waals surface area contributed by atoms with Crippen molar-refractivity contribution in [1.82, 2.24) is 30.0 Å². The van der Waals surface area contributed by atoms with E-state index in [-0.39, 0.29) is 28.9 Å². The van der Waals surface area contributed by atoms with Crippen molar-refractivity contribution in [2.75, 3.05) is 35.1 Å². The molecule has 0 radical (unpaired) electrons. The van der Waals surface area contributed by atoms with Gasteiger partial charge in [0.2, 0.25) is 5.95 Å². The van der Waals surface area contributed by atoms with Crippen LogP contribution in [-0.4, -0.2) is 89.0 Å². The average molecular weight is 733 g/mol. The molecule has 10 N–H and O–H groups in total. The summed E-state index contributed by atoms with van der Waals surface area (Å²) in [5, 5.41) is 1.34. The second kappa shape index (κ2) is 12.1. The van der Waals surface area contributed by atoms with Gasteiger partial charge in [-0.3, -0.25) is 19.7 Å². The molecular formula is C20H25F3N10O9P2S2. The fourth-order valence-corrected chi connectivity index (χ4v) is 7.03. The van der Waals surface area contributed by atoms with Crippen LogP contribution >= 0.6 is 13.4 Å². The van der Waals surface area contributed by atoms with Crippen molar-refractivity contribution in [3.05, 3.63) is 28.9 Å². The van der Waals surface area contributed by atoms with Crippen LogP contribution in [0.2, 0.25) is 0 Å². The Morgan fingerprint density at radius 2 is 1.93 bits per heavy atom. The average Bonchev–Trinajstić information content (AvgIpc) is 3.71. The zero-order chi connectivity index (χ0) is 33.2.